The number of urea groups is 1. The summed E-state index contributed by atoms with van der Waals surface area (Å²) in [6, 6.07) is 1.28. The van der Waals surface area contributed by atoms with E-state index in [9.17, 15) is 13.2 Å². The van der Waals surface area contributed by atoms with Gasteiger partial charge in [-0.25, -0.2) is 13.2 Å². The summed E-state index contributed by atoms with van der Waals surface area (Å²) < 4.78 is 28.7. The van der Waals surface area contributed by atoms with E-state index in [1.165, 1.54) is 0 Å². The van der Waals surface area contributed by atoms with Gasteiger partial charge in [0.1, 0.15) is 11.5 Å². The van der Waals surface area contributed by atoms with Gasteiger partial charge in [0.05, 0.1) is 17.5 Å². The largest absolute Gasteiger partial charge is 0.466 e. The molecule has 2 N–H and O–H groups in total. The molecule has 2 amide bonds. The summed E-state index contributed by atoms with van der Waals surface area (Å²) in [7, 11) is -3.00. The van der Waals surface area contributed by atoms with Crippen molar-refractivity contribution in [2.45, 2.75) is 52.1 Å². The molecule has 0 radical (unpaired) electrons. The molecule has 3 rings (SSSR count). The Kier molecular flexibility index (Phi) is 3.94. The van der Waals surface area contributed by atoms with Crippen molar-refractivity contribution in [2.24, 2.45) is 5.41 Å². The summed E-state index contributed by atoms with van der Waals surface area (Å²) in [5.41, 5.74) is 1.09. The molecule has 1 fully saturated rings. The quantitative estimate of drug-likeness (QED) is 0.863. The molecule has 1 aromatic heterocycles. The van der Waals surface area contributed by atoms with Gasteiger partial charge in [0, 0.05) is 18.0 Å². The molecule has 2 atom stereocenters. The summed E-state index contributed by atoms with van der Waals surface area (Å²) in [6.45, 7) is 6.22. The fraction of sp³-hybridized carbons (Fsp3) is 0.688. The zero-order chi connectivity index (χ0) is 16.8. The third-order valence-electron chi connectivity index (χ3n) is 4.61. The summed E-state index contributed by atoms with van der Waals surface area (Å²) in [5, 5.41) is 5.78. The predicted molar refractivity (Wildman–Crippen MR) is 87.0 cm³/mol. The number of furan rings is 1. The van der Waals surface area contributed by atoms with Crippen molar-refractivity contribution < 1.29 is 17.6 Å². The maximum atomic E-state index is 12.3. The lowest BCUT2D eigenvalue weighted by Crippen LogP contribution is -2.45. The van der Waals surface area contributed by atoms with E-state index in [0.29, 0.717) is 6.42 Å². The Morgan fingerprint density at radius 3 is 2.74 bits per heavy atom. The summed E-state index contributed by atoms with van der Waals surface area (Å²) in [6.07, 6.45) is 2.17. The van der Waals surface area contributed by atoms with E-state index in [4.69, 9.17) is 4.42 Å². The van der Waals surface area contributed by atoms with Gasteiger partial charge in [0.15, 0.2) is 9.84 Å². The standard InChI is InChI=1S/C16H24N2O4S/c1-10-6-12-13(7-16(2,3)8-14(12)22-10)18-15(19)17-11-4-5-23(20,21)9-11/h6,11,13H,4-5,7-9H2,1-3H3,(H2,17,18,19)/t11-,13-/m0/s1. The Balaban J connectivity index is 1.68. The Labute approximate surface area is 136 Å². The number of hydrogen-bond acceptors (Lipinski definition) is 4. The molecule has 0 unspecified atom stereocenters. The lowest BCUT2D eigenvalue weighted by molar-refractivity contribution is 0.212. The van der Waals surface area contributed by atoms with Crippen LogP contribution in [-0.4, -0.2) is 32.0 Å². The average molecular weight is 340 g/mol. The number of fused-ring (bicyclic) bond motifs is 1. The van der Waals surface area contributed by atoms with Crippen LogP contribution in [0.3, 0.4) is 0 Å². The highest BCUT2D eigenvalue weighted by Gasteiger charge is 2.36. The van der Waals surface area contributed by atoms with Gasteiger partial charge in [0.25, 0.3) is 0 Å². The number of nitrogens with one attached hydrogen (secondary N) is 2. The van der Waals surface area contributed by atoms with E-state index in [-0.39, 0.29) is 35.0 Å². The van der Waals surface area contributed by atoms with Crippen LogP contribution >= 0.6 is 0 Å². The van der Waals surface area contributed by atoms with Gasteiger partial charge in [-0.3, -0.25) is 0 Å². The highest BCUT2D eigenvalue weighted by molar-refractivity contribution is 7.91. The van der Waals surface area contributed by atoms with E-state index in [1.54, 1.807) is 0 Å². The minimum absolute atomic E-state index is 0.0344. The van der Waals surface area contributed by atoms with Crippen LogP contribution in [-0.2, 0) is 16.3 Å². The van der Waals surface area contributed by atoms with Gasteiger partial charge in [-0.05, 0) is 31.2 Å². The highest BCUT2D eigenvalue weighted by Crippen LogP contribution is 2.41. The number of amides is 2. The first-order valence-corrected chi connectivity index (χ1v) is 9.82. The molecular formula is C16H24N2O4S. The van der Waals surface area contributed by atoms with E-state index >= 15 is 0 Å². The zero-order valence-corrected chi connectivity index (χ0v) is 14.6. The summed E-state index contributed by atoms with van der Waals surface area (Å²) >= 11 is 0. The van der Waals surface area contributed by atoms with Crippen LogP contribution in [0.5, 0.6) is 0 Å². The minimum atomic E-state index is -3.00. The Hall–Kier alpha value is -1.50. The fourth-order valence-corrected chi connectivity index (χ4v) is 5.28. The van der Waals surface area contributed by atoms with Crippen molar-refractivity contribution in [2.75, 3.05) is 11.5 Å². The average Bonchev–Trinajstić information content (AvgIpc) is 2.90. The molecule has 2 aliphatic rings. The molecule has 0 spiro atoms. The van der Waals surface area contributed by atoms with Gasteiger partial charge >= 0.3 is 6.03 Å². The normalized spacial score (nSPS) is 28.1. The minimum Gasteiger partial charge on any atom is -0.466 e. The molecule has 1 aliphatic carbocycles. The molecule has 0 saturated carbocycles. The van der Waals surface area contributed by atoms with Gasteiger partial charge in [-0.2, -0.15) is 0 Å². The van der Waals surface area contributed by atoms with E-state index < -0.39 is 9.84 Å². The van der Waals surface area contributed by atoms with Crippen molar-refractivity contribution in [3.05, 3.63) is 23.2 Å². The molecule has 7 heteroatoms. The molecule has 2 heterocycles. The smallest absolute Gasteiger partial charge is 0.315 e. The lowest BCUT2D eigenvalue weighted by Gasteiger charge is -2.34. The van der Waals surface area contributed by atoms with Crippen LogP contribution in [0.2, 0.25) is 0 Å². The zero-order valence-electron chi connectivity index (χ0n) is 13.8. The van der Waals surface area contributed by atoms with E-state index in [0.717, 1.165) is 29.9 Å². The predicted octanol–water partition coefficient (Wildman–Crippen LogP) is 2.09. The Bertz CT molecular complexity index is 720. The van der Waals surface area contributed by atoms with Crippen LogP contribution in [0, 0.1) is 12.3 Å². The van der Waals surface area contributed by atoms with Crippen molar-refractivity contribution in [1.82, 2.24) is 10.6 Å². The van der Waals surface area contributed by atoms with E-state index in [2.05, 4.69) is 24.5 Å². The molecule has 1 aliphatic heterocycles. The number of aryl methyl sites for hydroxylation is 1. The molecular weight excluding hydrogens is 316 g/mol. The molecule has 1 saturated heterocycles. The number of sulfone groups is 1. The first-order valence-electron chi connectivity index (χ1n) is 8.00. The Morgan fingerprint density at radius 1 is 1.35 bits per heavy atom. The van der Waals surface area contributed by atoms with Crippen LogP contribution in [0.15, 0.2) is 10.5 Å². The molecule has 1 aromatic rings. The van der Waals surface area contributed by atoms with Crippen LogP contribution < -0.4 is 10.6 Å². The van der Waals surface area contributed by atoms with Crippen LogP contribution in [0.25, 0.3) is 0 Å². The molecule has 128 valence electrons. The van der Waals surface area contributed by atoms with Crippen molar-refractivity contribution >= 4 is 15.9 Å². The maximum absolute atomic E-state index is 12.3. The molecule has 0 aromatic carbocycles. The maximum Gasteiger partial charge on any atom is 0.315 e. The highest BCUT2D eigenvalue weighted by atomic mass is 32.2. The SMILES string of the molecule is Cc1cc2c(o1)CC(C)(C)C[C@@H]2NC(=O)N[C@H]1CCS(=O)(=O)C1. The first-order chi connectivity index (χ1) is 10.6. The van der Waals surface area contributed by atoms with E-state index in [1.807, 2.05) is 13.0 Å². The second kappa shape index (κ2) is 5.54. The van der Waals surface area contributed by atoms with Gasteiger partial charge in [-0.15, -0.1) is 0 Å². The molecule has 6 nitrogen and oxygen atoms in total. The first kappa shape index (κ1) is 16.4. The van der Waals surface area contributed by atoms with Gasteiger partial charge in [0.2, 0.25) is 0 Å². The van der Waals surface area contributed by atoms with Crippen molar-refractivity contribution in [3.63, 3.8) is 0 Å². The number of carbonyl (C=O) groups excluding carboxylic acids is 1. The van der Waals surface area contributed by atoms with Gasteiger partial charge < -0.3 is 15.1 Å². The fourth-order valence-electron chi connectivity index (χ4n) is 3.61. The number of carbonyl (C=O) groups is 1. The van der Waals surface area contributed by atoms with Crippen LogP contribution in [0.4, 0.5) is 4.79 Å². The third kappa shape index (κ3) is 3.71. The van der Waals surface area contributed by atoms with Crippen molar-refractivity contribution in [1.29, 1.82) is 0 Å². The second-order valence-electron chi connectivity index (χ2n) is 7.55. The number of hydrogen-bond donors (Lipinski definition) is 2. The summed E-state index contributed by atoms with van der Waals surface area (Å²) in [4.78, 5) is 12.3. The monoisotopic (exact) mass is 340 g/mol. The molecule has 0 bridgehead atoms. The topological polar surface area (TPSA) is 88.4 Å². The third-order valence-corrected chi connectivity index (χ3v) is 6.38. The summed E-state index contributed by atoms with van der Waals surface area (Å²) in [5.74, 6) is 1.97. The second-order valence-corrected chi connectivity index (χ2v) is 9.78. The van der Waals surface area contributed by atoms with Crippen LogP contribution in [0.1, 0.15) is 49.8 Å². The number of rotatable bonds is 2. The van der Waals surface area contributed by atoms with Crippen molar-refractivity contribution in [3.8, 4) is 0 Å². The Morgan fingerprint density at radius 2 is 2.09 bits per heavy atom. The lowest BCUT2D eigenvalue weighted by atomic mass is 9.75. The molecule has 23 heavy (non-hydrogen) atoms. The van der Waals surface area contributed by atoms with Gasteiger partial charge in [-0.1, -0.05) is 13.8 Å².